The lowest BCUT2D eigenvalue weighted by Gasteiger charge is -2.31. The average molecular weight is 347 g/mol. The predicted molar refractivity (Wildman–Crippen MR) is 90.0 cm³/mol. The van der Waals surface area contributed by atoms with Gasteiger partial charge in [-0.1, -0.05) is 0 Å². The van der Waals surface area contributed by atoms with Crippen LogP contribution in [-0.4, -0.2) is 59.7 Å². The van der Waals surface area contributed by atoms with Gasteiger partial charge in [0.2, 0.25) is 0 Å². The number of hydrogen-bond acceptors (Lipinski definition) is 6. The minimum absolute atomic E-state index is 0.0900. The summed E-state index contributed by atoms with van der Waals surface area (Å²) in [5.41, 5.74) is 0. The van der Waals surface area contributed by atoms with Crippen molar-refractivity contribution in [3.8, 4) is 0 Å². The molecule has 25 heavy (non-hydrogen) atoms. The topological polar surface area (TPSA) is 91.0 Å². The highest BCUT2D eigenvalue weighted by Gasteiger charge is 2.28. The Labute approximate surface area is 147 Å². The van der Waals surface area contributed by atoms with Crippen molar-refractivity contribution in [2.45, 2.75) is 58.7 Å². The molecule has 1 aliphatic heterocycles. The summed E-state index contributed by atoms with van der Waals surface area (Å²) in [5.74, 6) is 2.18. The molecule has 0 aromatic carbocycles. The number of carbonyl (C=O) groups excluding carboxylic acids is 1. The zero-order valence-electron chi connectivity index (χ0n) is 15.0. The van der Waals surface area contributed by atoms with E-state index in [9.17, 15) is 4.79 Å². The van der Waals surface area contributed by atoms with Gasteiger partial charge in [-0.2, -0.15) is 5.10 Å². The van der Waals surface area contributed by atoms with Crippen LogP contribution in [0, 0.1) is 0 Å². The molecular formula is C16H25N7O2. The third-order valence-corrected chi connectivity index (χ3v) is 4.40. The van der Waals surface area contributed by atoms with E-state index in [2.05, 4.69) is 31.8 Å². The van der Waals surface area contributed by atoms with E-state index >= 15 is 0 Å². The van der Waals surface area contributed by atoms with Gasteiger partial charge in [0.15, 0.2) is 5.82 Å². The number of likely N-dealkylation sites (tertiary alicyclic amines) is 1. The fourth-order valence-electron chi connectivity index (χ4n) is 3.17. The highest BCUT2D eigenvalue weighted by molar-refractivity contribution is 5.67. The first-order chi connectivity index (χ1) is 12.1. The Kier molecular flexibility index (Phi) is 5.30. The molecule has 0 saturated carbocycles. The Morgan fingerprint density at radius 1 is 1.32 bits per heavy atom. The lowest BCUT2D eigenvalue weighted by molar-refractivity contribution is 0.0687. The van der Waals surface area contributed by atoms with E-state index in [0.717, 1.165) is 31.0 Å². The molecule has 1 amide bonds. The standard InChI is InChI=1S/C16H25N7O2/c1-4-23-14(9-22-11-17-10-18-22)19-20-15(23)13-5-7-21(8-6-13)16(24)25-12(2)3/h10-13H,4-9H2,1-3H3. The van der Waals surface area contributed by atoms with E-state index in [-0.39, 0.29) is 12.2 Å². The smallest absolute Gasteiger partial charge is 0.410 e. The summed E-state index contributed by atoms with van der Waals surface area (Å²) in [7, 11) is 0. The molecule has 0 spiro atoms. The van der Waals surface area contributed by atoms with Crippen LogP contribution in [0.2, 0.25) is 0 Å². The number of amides is 1. The van der Waals surface area contributed by atoms with Gasteiger partial charge < -0.3 is 14.2 Å². The molecule has 2 aromatic rings. The minimum Gasteiger partial charge on any atom is -0.447 e. The van der Waals surface area contributed by atoms with Crippen molar-refractivity contribution in [2.24, 2.45) is 0 Å². The Hall–Kier alpha value is -2.45. The van der Waals surface area contributed by atoms with Gasteiger partial charge in [0.25, 0.3) is 0 Å². The van der Waals surface area contributed by atoms with E-state index in [4.69, 9.17) is 4.74 Å². The van der Waals surface area contributed by atoms with Crippen LogP contribution >= 0.6 is 0 Å². The van der Waals surface area contributed by atoms with E-state index in [0.29, 0.717) is 25.6 Å². The second kappa shape index (κ2) is 7.62. The van der Waals surface area contributed by atoms with Crippen molar-refractivity contribution in [1.82, 2.24) is 34.4 Å². The number of nitrogens with zero attached hydrogens (tertiary/aromatic N) is 7. The van der Waals surface area contributed by atoms with E-state index in [1.807, 2.05) is 13.8 Å². The Balaban J connectivity index is 1.65. The van der Waals surface area contributed by atoms with Crippen LogP contribution in [-0.2, 0) is 17.8 Å². The van der Waals surface area contributed by atoms with Crippen LogP contribution in [0.15, 0.2) is 12.7 Å². The molecule has 1 aliphatic rings. The van der Waals surface area contributed by atoms with Crippen LogP contribution in [0.3, 0.4) is 0 Å². The summed E-state index contributed by atoms with van der Waals surface area (Å²) in [4.78, 5) is 17.7. The lowest BCUT2D eigenvalue weighted by Crippen LogP contribution is -2.39. The number of piperidine rings is 1. The Morgan fingerprint density at radius 3 is 2.68 bits per heavy atom. The second-order valence-electron chi connectivity index (χ2n) is 6.51. The van der Waals surface area contributed by atoms with Gasteiger partial charge in [-0.25, -0.2) is 14.5 Å². The molecule has 2 aromatic heterocycles. The van der Waals surface area contributed by atoms with Crippen molar-refractivity contribution < 1.29 is 9.53 Å². The molecule has 0 unspecified atom stereocenters. The zero-order chi connectivity index (χ0) is 17.8. The molecule has 9 nitrogen and oxygen atoms in total. The minimum atomic E-state index is -0.225. The van der Waals surface area contributed by atoms with Gasteiger partial charge in [0.1, 0.15) is 25.0 Å². The number of carbonyl (C=O) groups is 1. The molecule has 1 saturated heterocycles. The van der Waals surface area contributed by atoms with E-state index in [1.54, 1.807) is 15.9 Å². The van der Waals surface area contributed by atoms with Gasteiger partial charge in [-0.3, -0.25) is 0 Å². The SMILES string of the molecule is CCn1c(Cn2cncn2)nnc1C1CCN(C(=O)OC(C)C)CC1. The second-order valence-corrected chi connectivity index (χ2v) is 6.51. The first-order valence-corrected chi connectivity index (χ1v) is 8.78. The molecule has 0 atom stereocenters. The van der Waals surface area contributed by atoms with Gasteiger partial charge in [0, 0.05) is 25.6 Å². The molecule has 0 radical (unpaired) electrons. The van der Waals surface area contributed by atoms with Crippen LogP contribution in [0.4, 0.5) is 4.79 Å². The van der Waals surface area contributed by atoms with Crippen molar-refractivity contribution in [1.29, 1.82) is 0 Å². The van der Waals surface area contributed by atoms with E-state index in [1.165, 1.54) is 6.33 Å². The average Bonchev–Trinajstić information content (AvgIpc) is 3.24. The number of rotatable bonds is 5. The molecular weight excluding hydrogens is 322 g/mol. The predicted octanol–water partition coefficient (Wildman–Crippen LogP) is 1.66. The molecule has 3 heterocycles. The zero-order valence-corrected chi connectivity index (χ0v) is 15.0. The van der Waals surface area contributed by atoms with Gasteiger partial charge in [-0.05, 0) is 33.6 Å². The van der Waals surface area contributed by atoms with E-state index < -0.39 is 0 Å². The molecule has 0 aliphatic carbocycles. The van der Waals surface area contributed by atoms with Crippen molar-refractivity contribution in [3.63, 3.8) is 0 Å². The van der Waals surface area contributed by atoms with Gasteiger partial charge >= 0.3 is 6.09 Å². The number of hydrogen-bond donors (Lipinski definition) is 0. The molecule has 3 rings (SSSR count). The summed E-state index contributed by atoms with van der Waals surface area (Å²) in [6, 6.07) is 0. The highest BCUT2D eigenvalue weighted by atomic mass is 16.6. The molecule has 0 N–H and O–H groups in total. The maximum atomic E-state index is 12.0. The first-order valence-electron chi connectivity index (χ1n) is 8.78. The normalized spacial score (nSPS) is 15.8. The fraction of sp³-hybridized carbons (Fsp3) is 0.688. The van der Waals surface area contributed by atoms with Gasteiger partial charge in [0.05, 0.1) is 6.10 Å². The maximum Gasteiger partial charge on any atom is 0.410 e. The summed E-state index contributed by atoms with van der Waals surface area (Å²) < 4.78 is 9.16. The van der Waals surface area contributed by atoms with Crippen molar-refractivity contribution >= 4 is 6.09 Å². The summed E-state index contributed by atoms with van der Waals surface area (Å²) in [6.07, 6.45) is 4.61. The van der Waals surface area contributed by atoms with Crippen LogP contribution in [0.25, 0.3) is 0 Å². The molecule has 1 fully saturated rings. The number of ether oxygens (including phenoxy) is 1. The molecule has 9 heteroatoms. The maximum absolute atomic E-state index is 12.0. The van der Waals surface area contributed by atoms with Crippen LogP contribution in [0.1, 0.15) is 51.2 Å². The summed E-state index contributed by atoms with van der Waals surface area (Å²) >= 11 is 0. The fourth-order valence-corrected chi connectivity index (χ4v) is 3.17. The Morgan fingerprint density at radius 2 is 2.08 bits per heavy atom. The largest absolute Gasteiger partial charge is 0.447 e. The highest BCUT2D eigenvalue weighted by Crippen LogP contribution is 2.27. The third-order valence-electron chi connectivity index (χ3n) is 4.40. The number of aromatic nitrogens is 6. The van der Waals surface area contributed by atoms with Crippen LogP contribution in [0.5, 0.6) is 0 Å². The van der Waals surface area contributed by atoms with Crippen molar-refractivity contribution in [3.05, 3.63) is 24.3 Å². The molecule has 0 bridgehead atoms. The third kappa shape index (κ3) is 3.97. The van der Waals surface area contributed by atoms with Crippen LogP contribution < -0.4 is 0 Å². The Bertz CT molecular complexity index is 687. The summed E-state index contributed by atoms with van der Waals surface area (Å²) in [6.45, 7) is 8.56. The summed E-state index contributed by atoms with van der Waals surface area (Å²) in [5, 5.41) is 12.9. The van der Waals surface area contributed by atoms with Gasteiger partial charge in [-0.15, -0.1) is 10.2 Å². The quantitative estimate of drug-likeness (QED) is 0.817. The first kappa shape index (κ1) is 17.4. The lowest BCUT2D eigenvalue weighted by atomic mass is 9.96. The monoisotopic (exact) mass is 347 g/mol. The van der Waals surface area contributed by atoms with Crippen molar-refractivity contribution in [2.75, 3.05) is 13.1 Å². The molecule has 136 valence electrons.